The molecular weight excluding hydrogens is 272 g/mol. The number of hydrogen-bond donors (Lipinski definition) is 1. The number of carboxylic acids is 1. The molecule has 0 bridgehead atoms. The molecule has 3 rings (SSSR count). The highest BCUT2D eigenvalue weighted by atomic mass is 16.4. The minimum atomic E-state index is -0.895. The Hall–Kier alpha value is -2.90. The predicted molar refractivity (Wildman–Crippen MR) is 73.3 cm³/mol. The van der Waals surface area contributed by atoms with Gasteiger partial charge in [0.1, 0.15) is 0 Å². The van der Waals surface area contributed by atoms with E-state index in [0.717, 1.165) is 16.6 Å². The monoisotopic (exact) mass is 284 g/mol. The second kappa shape index (κ2) is 5.23. The highest BCUT2D eigenvalue weighted by molar-refractivity contribution is 5.79. The maximum atomic E-state index is 10.8. The number of rotatable bonds is 4. The van der Waals surface area contributed by atoms with E-state index in [1.165, 1.54) is 4.68 Å². The van der Waals surface area contributed by atoms with Gasteiger partial charge in [-0.1, -0.05) is 0 Å². The van der Waals surface area contributed by atoms with E-state index < -0.39 is 5.97 Å². The van der Waals surface area contributed by atoms with E-state index in [1.54, 1.807) is 19.3 Å². The molecule has 2 heterocycles. The molecule has 0 spiro atoms. The zero-order valence-corrected chi connectivity index (χ0v) is 11.2. The minimum absolute atomic E-state index is 0.0502. The maximum Gasteiger partial charge on any atom is 0.305 e. The van der Waals surface area contributed by atoms with Crippen molar-refractivity contribution in [2.75, 3.05) is 0 Å². The Labute approximate surface area is 119 Å². The van der Waals surface area contributed by atoms with Gasteiger partial charge in [0.25, 0.3) is 0 Å². The van der Waals surface area contributed by atoms with Crippen molar-refractivity contribution in [1.82, 2.24) is 30.2 Å². The Morgan fingerprint density at radius 3 is 2.81 bits per heavy atom. The molecule has 0 saturated carbocycles. The molecular formula is C13H12N6O2. The lowest BCUT2D eigenvalue weighted by atomic mass is 10.1. The van der Waals surface area contributed by atoms with Crippen molar-refractivity contribution in [3.63, 3.8) is 0 Å². The summed E-state index contributed by atoms with van der Waals surface area (Å²) in [6, 6.07) is 5.16. The SMILES string of the molecule is CC(CC(=O)O)n1nnnc1-c1ccc2nccnc2c1. The Kier molecular flexibility index (Phi) is 3.27. The van der Waals surface area contributed by atoms with E-state index in [9.17, 15) is 4.79 Å². The Bertz CT molecular complexity index is 800. The summed E-state index contributed by atoms with van der Waals surface area (Å²) in [5.74, 6) is -0.385. The van der Waals surface area contributed by atoms with Gasteiger partial charge in [0.15, 0.2) is 5.82 Å². The zero-order chi connectivity index (χ0) is 14.8. The molecule has 1 unspecified atom stereocenters. The number of carbonyl (C=O) groups is 1. The van der Waals surface area contributed by atoms with Crippen LogP contribution in [-0.4, -0.2) is 41.3 Å². The fourth-order valence-electron chi connectivity index (χ4n) is 2.12. The van der Waals surface area contributed by atoms with Crippen LogP contribution in [0.15, 0.2) is 30.6 Å². The van der Waals surface area contributed by atoms with Crippen LogP contribution in [0.1, 0.15) is 19.4 Å². The highest BCUT2D eigenvalue weighted by Crippen LogP contribution is 2.23. The van der Waals surface area contributed by atoms with Gasteiger partial charge < -0.3 is 5.11 Å². The Morgan fingerprint density at radius 2 is 2.05 bits per heavy atom. The second-order valence-electron chi connectivity index (χ2n) is 4.65. The molecule has 3 aromatic rings. The zero-order valence-electron chi connectivity index (χ0n) is 11.2. The first-order valence-corrected chi connectivity index (χ1v) is 6.36. The van der Waals surface area contributed by atoms with Crippen molar-refractivity contribution in [3.05, 3.63) is 30.6 Å². The van der Waals surface area contributed by atoms with Gasteiger partial charge in [-0.2, -0.15) is 0 Å². The fraction of sp³-hybridized carbons (Fsp3) is 0.231. The maximum absolute atomic E-state index is 10.8. The molecule has 21 heavy (non-hydrogen) atoms. The van der Waals surface area contributed by atoms with Gasteiger partial charge in [-0.05, 0) is 35.5 Å². The summed E-state index contributed by atoms with van der Waals surface area (Å²) in [6.07, 6.45) is 3.19. The molecule has 106 valence electrons. The molecule has 1 N–H and O–H groups in total. The summed E-state index contributed by atoms with van der Waals surface area (Å²) in [5.41, 5.74) is 2.28. The van der Waals surface area contributed by atoms with Crippen molar-refractivity contribution in [2.45, 2.75) is 19.4 Å². The summed E-state index contributed by atoms with van der Waals surface area (Å²) in [4.78, 5) is 19.3. The molecule has 0 saturated heterocycles. The Morgan fingerprint density at radius 1 is 1.29 bits per heavy atom. The van der Waals surface area contributed by atoms with Crippen LogP contribution in [-0.2, 0) is 4.79 Å². The van der Waals surface area contributed by atoms with E-state index >= 15 is 0 Å². The third-order valence-corrected chi connectivity index (χ3v) is 3.11. The van der Waals surface area contributed by atoms with Crippen LogP contribution in [0.5, 0.6) is 0 Å². The van der Waals surface area contributed by atoms with Crippen molar-refractivity contribution in [3.8, 4) is 11.4 Å². The molecule has 0 fully saturated rings. The second-order valence-corrected chi connectivity index (χ2v) is 4.65. The van der Waals surface area contributed by atoms with Gasteiger partial charge in [0, 0.05) is 18.0 Å². The van der Waals surface area contributed by atoms with Crippen molar-refractivity contribution in [2.24, 2.45) is 0 Å². The summed E-state index contributed by atoms with van der Waals surface area (Å²) >= 11 is 0. The van der Waals surface area contributed by atoms with Gasteiger partial charge in [0.2, 0.25) is 0 Å². The van der Waals surface area contributed by atoms with Gasteiger partial charge in [-0.25, -0.2) is 4.68 Å². The molecule has 8 nitrogen and oxygen atoms in total. The van der Waals surface area contributed by atoms with Crippen LogP contribution in [0.2, 0.25) is 0 Å². The van der Waals surface area contributed by atoms with Gasteiger partial charge in [-0.3, -0.25) is 14.8 Å². The van der Waals surface area contributed by atoms with Crippen LogP contribution in [0.3, 0.4) is 0 Å². The molecule has 1 aromatic carbocycles. The number of hydrogen-bond acceptors (Lipinski definition) is 6. The number of aliphatic carboxylic acids is 1. The number of fused-ring (bicyclic) bond motifs is 1. The molecule has 0 aliphatic heterocycles. The molecule has 0 aliphatic carbocycles. The third kappa shape index (κ3) is 2.55. The Balaban J connectivity index is 2.03. The number of benzene rings is 1. The first kappa shape index (κ1) is 13.1. The summed E-state index contributed by atoms with van der Waals surface area (Å²) in [6.45, 7) is 1.76. The lowest BCUT2D eigenvalue weighted by Gasteiger charge is -2.11. The molecule has 8 heteroatoms. The van der Waals surface area contributed by atoms with E-state index in [2.05, 4.69) is 25.5 Å². The first-order valence-electron chi connectivity index (χ1n) is 6.36. The number of carboxylic acid groups (broad SMARTS) is 1. The van der Waals surface area contributed by atoms with E-state index in [4.69, 9.17) is 5.11 Å². The molecule has 0 aliphatic rings. The summed E-state index contributed by atoms with van der Waals surface area (Å²) in [5, 5.41) is 20.4. The van der Waals surface area contributed by atoms with E-state index in [1.807, 2.05) is 18.2 Å². The van der Waals surface area contributed by atoms with E-state index in [-0.39, 0.29) is 12.5 Å². The quantitative estimate of drug-likeness (QED) is 0.769. The number of tetrazole rings is 1. The summed E-state index contributed by atoms with van der Waals surface area (Å²) in [7, 11) is 0. The van der Waals surface area contributed by atoms with Crippen molar-refractivity contribution >= 4 is 17.0 Å². The van der Waals surface area contributed by atoms with Crippen LogP contribution in [0.25, 0.3) is 22.4 Å². The van der Waals surface area contributed by atoms with Crippen molar-refractivity contribution in [1.29, 1.82) is 0 Å². The smallest absolute Gasteiger partial charge is 0.305 e. The largest absolute Gasteiger partial charge is 0.481 e. The minimum Gasteiger partial charge on any atom is -0.481 e. The van der Waals surface area contributed by atoms with Crippen LogP contribution >= 0.6 is 0 Å². The topological polar surface area (TPSA) is 107 Å². The normalized spacial score (nSPS) is 12.4. The van der Waals surface area contributed by atoms with E-state index in [0.29, 0.717) is 5.82 Å². The first-order chi connectivity index (χ1) is 10.1. The van der Waals surface area contributed by atoms with Gasteiger partial charge >= 0.3 is 5.97 Å². The highest BCUT2D eigenvalue weighted by Gasteiger charge is 2.17. The average molecular weight is 284 g/mol. The molecule has 2 aromatic heterocycles. The fourth-order valence-corrected chi connectivity index (χ4v) is 2.12. The van der Waals surface area contributed by atoms with Crippen molar-refractivity contribution < 1.29 is 9.90 Å². The van der Waals surface area contributed by atoms with Gasteiger partial charge in [0.05, 0.1) is 23.5 Å². The van der Waals surface area contributed by atoms with Crippen LogP contribution in [0, 0.1) is 0 Å². The predicted octanol–water partition coefficient (Wildman–Crippen LogP) is 1.32. The lowest BCUT2D eigenvalue weighted by Crippen LogP contribution is -2.13. The molecule has 1 atom stereocenters. The standard InChI is InChI=1S/C13H12N6O2/c1-8(6-12(20)21)19-13(16-17-18-19)9-2-3-10-11(7-9)15-5-4-14-10/h2-5,7-8H,6H2,1H3,(H,20,21). The number of aromatic nitrogens is 6. The lowest BCUT2D eigenvalue weighted by molar-refractivity contribution is -0.137. The van der Waals surface area contributed by atoms with Crippen LogP contribution in [0.4, 0.5) is 0 Å². The third-order valence-electron chi connectivity index (χ3n) is 3.11. The molecule has 0 amide bonds. The number of nitrogens with zero attached hydrogens (tertiary/aromatic N) is 6. The van der Waals surface area contributed by atoms with Crippen LogP contribution < -0.4 is 0 Å². The average Bonchev–Trinajstić information content (AvgIpc) is 2.95. The summed E-state index contributed by atoms with van der Waals surface area (Å²) < 4.78 is 1.51. The van der Waals surface area contributed by atoms with Gasteiger partial charge in [-0.15, -0.1) is 5.10 Å². The molecule has 0 radical (unpaired) electrons.